The molecule has 0 aromatic rings. The van der Waals surface area contributed by atoms with Crippen molar-refractivity contribution in [3.63, 3.8) is 0 Å². The third-order valence-electron chi connectivity index (χ3n) is 3.80. The quantitative estimate of drug-likeness (QED) is 0.411. The second-order valence-corrected chi connectivity index (χ2v) is 6.81. The molecule has 1 atom stereocenters. The maximum Gasteiger partial charge on any atom is 0.312 e. The summed E-state index contributed by atoms with van der Waals surface area (Å²) in [5.41, 5.74) is 6.70. The van der Waals surface area contributed by atoms with Crippen LogP contribution in [0.4, 0.5) is 4.79 Å². The maximum absolute atomic E-state index is 11.9. The van der Waals surface area contributed by atoms with E-state index in [1.54, 1.807) is 7.05 Å². The van der Waals surface area contributed by atoms with E-state index in [0.717, 1.165) is 18.5 Å². The van der Waals surface area contributed by atoms with E-state index in [2.05, 4.69) is 21.3 Å². The van der Waals surface area contributed by atoms with Crippen molar-refractivity contribution in [2.75, 3.05) is 20.1 Å². The Morgan fingerprint density at radius 3 is 2.23 bits per heavy atom. The highest BCUT2D eigenvalue weighted by atomic mass is 16.2. The van der Waals surface area contributed by atoms with E-state index in [0.29, 0.717) is 6.54 Å². The molecule has 0 aliphatic heterocycles. The molecule has 1 unspecified atom stereocenters. The summed E-state index contributed by atoms with van der Waals surface area (Å²) in [7, 11) is 1.74. The smallest absolute Gasteiger partial charge is 0.312 e. The Bertz CT molecular complexity index is 610. The second-order valence-electron chi connectivity index (χ2n) is 6.81. The third kappa shape index (κ3) is 15.3. The van der Waals surface area contributed by atoms with Crippen LogP contribution < -0.4 is 27.0 Å². The summed E-state index contributed by atoms with van der Waals surface area (Å²) in [4.78, 5) is 33.6. The standard InChI is InChI=1S/C16H25N3O2.C4H10N2O.C2H6/c1-11(2)15(17-4)16(21)18-10-14(20)19-13-7-5-6-12(3)8-9-13;1-2-3-6-4(5)7;1-2/h5,7-9,11,15,17H,6,10H2,1-4H3,(H,18,21)(H,19,20);2-3H2,1H3,(H3,5,6,7);1-2H3. The molecule has 0 aromatic carbocycles. The molecular formula is C22H41N5O3. The monoisotopic (exact) mass is 423 g/mol. The molecule has 0 saturated carbocycles. The number of amides is 4. The summed E-state index contributed by atoms with van der Waals surface area (Å²) in [5.74, 6) is -0.228. The number of hydrogen-bond acceptors (Lipinski definition) is 4. The Morgan fingerprint density at radius 2 is 1.77 bits per heavy atom. The molecule has 0 aromatic heterocycles. The number of rotatable bonds is 8. The highest BCUT2D eigenvalue weighted by molar-refractivity contribution is 5.88. The number of nitrogens with one attached hydrogen (secondary N) is 4. The van der Waals surface area contributed by atoms with Crippen molar-refractivity contribution < 1.29 is 14.4 Å². The molecule has 4 amide bonds. The van der Waals surface area contributed by atoms with Gasteiger partial charge in [-0.2, -0.15) is 0 Å². The largest absolute Gasteiger partial charge is 0.352 e. The van der Waals surface area contributed by atoms with E-state index in [1.807, 2.05) is 65.8 Å². The highest BCUT2D eigenvalue weighted by Gasteiger charge is 2.20. The van der Waals surface area contributed by atoms with Gasteiger partial charge in [-0.05, 0) is 44.9 Å². The number of hydrogen-bond donors (Lipinski definition) is 5. The van der Waals surface area contributed by atoms with Gasteiger partial charge in [-0.1, -0.05) is 52.3 Å². The van der Waals surface area contributed by atoms with Crippen LogP contribution in [-0.2, 0) is 9.59 Å². The van der Waals surface area contributed by atoms with Crippen molar-refractivity contribution in [3.05, 3.63) is 35.6 Å². The average molecular weight is 424 g/mol. The van der Waals surface area contributed by atoms with E-state index in [9.17, 15) is 14.4 Å². The fourth-order valence-electron chi connectivity index (χ4n) is 2.31. The van der Waals surface area contributed by atoms with E-state index in [1.165, 1.54) is 5.57 Å². The van der Waals surface area contributed by atoms with Crippen LogP contribution in [0.1, 0.15) is 54.4 Å². The minimum atomic E-state index is -0.443. The van der Waals surface area contributed by atoms with Crippen LogP contribution >= 0.6 is 0 Å². The first kappa shape index (κ1) is 29.6. The van der Waals surface area contributed by atoms with Gasteiger partial charge in [0.15, 0.2) is 0 Å². The van der Waals surface area contributed by atoms with E-state index < -0.39 is 6.03 Å². The number of carbonyl (C=O) groups excluding carboxylic acids is 3. The fraction of sp³-hybridized carbons (Fsp3) is 0.591. The topological polar surface area (TPSA) is 125 Å². The van der Waals surface area contributed by atoms with Gasteiger partial charge in [-0.15, -0.1) is 0 Å². The van der Waals surface area contributed by atoms with Crippen LogP contribution in [0.15, 0.2) is 35.6 Å². The molecule has 8 heteroatoms. The van der Waals surface area contributed by atoms with E-state index in [4.69, 9.17) is 5.73 Å². The molecule has 1 aliphatic carbocycles. The van der Waals surface area contributed by atoms with Crippen LogP contribution in [0.3, 0.4) is 0 Å². The summed E-state index contributed by atoms with van der Waals surface area (Å²) in [6, 6.07) is -0.734. The molecule has 1 aliphatic rings. The molecule has 0 bridgehead atoms. The van der Waals surface area contributed by atoms with Crippen molar-refractivity contribution >= 4 is 17.8 Å². The van der Waals surface area contributed by atoms with Gasteiger partial charge >= 0.3 is 6.03 Å². The van der Waals surface area contributed by atoms with Crippen LogP contribution in [0.25, 0.3) is 0 Å². The molecular weight excluding hydrogens is 382 g/mol. The summed E-state index contributed by atoms with van der Waals surface area (Å²) < 4.78 is 0. The molecule has 0 fully saturated rings. The molecule has 0 saturated heterocycles. The molecule has 6 N–H and O–H groups in total. The number of nitrogens with two attached hydrogens (primary N) is 1. The SMILES string of the molecule is CC.CCCNC(N)=O.CNC(C(=O)NCC(=O)NC1=CC=C(C)CC=C1)C(C)C. The molecule has 0 heterocycles. The van der Waals surface area contributed by atoms with Gasteiger partial charge < -0.3 is 27.0 Å². The molecule has 1 rings (SSSR count). The number of likely N-dealkylation sites (N-methyl/N-ethyl adjacent to an activating group) is 1. The first-order chi connectivity index (χ1) is 14.2. The highest BCUT2D eigenvalue weighted by Crippen LogP contribution is 2.08. The number of primary amides is 1. The minimum absolute atomic E-state index is 0.0301. The average Bonchev–Trinajstić information content (AvgIpc) is 2.91. The first-order valence-electron chi connectivity index (χ1n) is 10.5. The van der Waals surface area contributed by atoms with Crippen LogP contribution in [-0.4, -0.2) is 44.0 Å². The lowest BCUT2D eigenvalue weighted by Crippen LogP contribution is -2.48. The molecule has 30 heavy (non-hydrogen) atoms. The third-order valence-corrected chi connectivity index (χ3v) is 3.80. The summed E-state index contributed by atoms with van der Waals surface area (Å²) in [6.07, 6.45) is 9.53. The first-order valence-corrected chi connectivity index (χ1v) is 10.5. The van der Waals surface area contributed by atoms with E-state index >= 15 is 0 Å². The predicted octanol–water partition coefficient (Wildman–Crippen LogP) is 2.34. The van der Waals surface area contributed by atoms with Crippen molar-refractivity contribution in [2.24, 2.45) is 11.7 Å². The number of urea groups is 1. The van der Waals surface area contributed by atoms with Crippen molar-refractivity contribution in [1.82, 2.24) is 21.3 Å². The van der Waals surface area contributed by atoms with Crippen molar-refractivity contribution in [1.29, 1.82) is 0 Å². The zero-order chi connectivity index (χ0) is 23.5. The zero-order valence-corrected chi connectivity index (χ0v) is 19.6. The van der Waals surface area contributed by atoms with Gasteiger partial charge in [0, 0.05) is 12.2 Å². The van der Waals surface area contributed by atoms with Gasteiger partial charge in [0.05, 0.1) is 12.6 Å². The minimum Gasteiger partial charge on any atom is -0.352 e. The Labute approximate surface area is 181 Å². The lowest BCUT2D eigenvalue weighted by molar-refractivity contribution is -0.127. The Morgan fingerprint density at radius 1 is 1.13 bits per heavy atom. The molecule has 8 nitrogen and oxygen atoms in total. The van der Waals surface area contributed by atoms with Gasteiger partial charge in [0.25, 0.3) is 0 Å². The van der Waals surface area contributed by atoms with Crippen molar-refractivity contribution in [2.45, 2.75) is 60.4 Å². The van der Waals surface area contributed by atoms with Crippen molar-refractivity contribution in [3.8, 4) is 0 Å². The summed E-state index contributed by atoms with van der Waals surface area (Å²) in [5, 5.41) is 10.8. The number of carbonyl (C=O) groups is 3. The fourth-order valence-corrected chi connectivity index (χ4v) is 2.31. The van der Waals surface area contributed by atoms with Crippen LogP contribution in [0.2, 0.25) is 0 Å². The second kappa shape index (κ2) is 18.4. The Balaban J connectivity index is 0. The Kier molecular flexibility index (Phi) is 18.2. The predicted molar refractivity (Wildman–Crippen MR) is 124 cm³/mol. The Hall–Kier alpha value is -2.61. The number of allylic oxidation sites excluding steroid dienone is 5. The van der Waals surface area contributed by atoms with Gasteiger partial charge in [0.1, 0.15) is 0 Å². The summed E-state index contributed by atoms with van der Waals surface area (Å²) in [6.45, 7) is 12.6. The molecule has 0 spiro atoms. The zero-order valence-electron chi connectivity index (χ0n) is 19.6. The lowest BCUT2D eigenvalue weighted by Gasteiger charge is -2.19. The van der Waals surface area contributed by atoms with Gasteiger partial charge in [0.2, 0.25) is 11.8 Å². The normalized spacial score (nSPS) is 13.2. The van der Waals surface area contributed by atoms with E-state index in [-0.39, 0.29) is 30.3 Å². The molecule has 0 radical (unpaired) electrons. The van der Waals surface area contributed by atoms with Crippen LogP contribution in [0.5, 0.6) is 0 Å². The summed E-state index contributed by atoms with van der Waals surface area (Å²) >= 11 is 0. The maximum atomic E-state index is 11.9. The lowest BCUT2D eigenvalue weighted by atomic mass is 10.0. The molecule has 172 valence electrons. The van der Waals surface area contributed by atoms with Crippen LogP contribution in [0, 0.1) is 5.92 Å². The van der Waals surface area contributed by atoms with Gasteiger partial charge in [-0.3, -0.25) is 9.59 Å². The van der Waals surface area contributed by atoms with Gasteiger partial charge in [-0.25, -0.2) is 4.79 Å².